The molecule has 0 aliphatic carbocycles. The summed E-state index contributed by atoms with van der Waals surface area (Å²) in [6.45, 7) is 2.73. The Morgan fingerprint density at radius 3 is 2.68 bits per heavy atom. The highest BCUT2D eigenvalue weighted by Crippen LogP contribution is 2.32. The minimum Gasteiger partial charge on any atom is -0.507 e. The maximum Gasteiger partial charge on any atom is 0.259 e. The molecule has 2 rings (SSSR count). The molecule has 1 aliphatic rings. The summed E-state index contributed by atoms with van der Waals surface area (Å²) < 4.78 is 0. The lowest BCUT2D eigenvalue weighted by Gasteiger charge is -2.34. The lowest BCUT2D eigenvalue weighted by atomic mass is 9.95. The summed E-state index contributed by atoms with van der Waals surface area (Å²) in [7, 11) is 0. The number of aliphatic hydroxyl groups excluding tert-OH is 1. The number of hydrogen-bond donors (Lipinski definition) is 2. The molecule has 0 spiro atoms. The molecule has 0 saturated carbocycles. The molecule has 2 unspecified atom stereocenters. The van der Waals surface area contributed by atoms with Crippen molar-refractivity contribution in [3.8, 4) is 5.75 Å². The minimum absolute atomic E-state index is 0.0350. The maximum atomic E-state index is 12.3. The predicted octanol–water partition coefficient (Wildman–Crippen LogP) is 2.54. The summed E-state index contributed by atoms with van der Waals surface area (Å²) in [6, 6.07) is 2.70. The molecule has 0 aromatic heterocycles. The van der Waals surface area contributed by atoms with Crippen molar-refractivity contribution >= 4 is 29.1 Å². The number of likely N-dealkylation sites (tertiary alicyclic amines) is 1. The van der Waals surface area contributed by atoms with Crippen LogP contribution in [0.3, 0.4) is 0 Å². The molecule has 1 aliphatic heterocycles. The lowest BCUT2D eigenvalue weighted by Crippen LogP contribution is -2.45. The van der Waals surface area contributed by atoms with Gasteiger partial charge >= 0.3 is 0 Å². The molecule has 0 radical (unpaired) electrons. The largest absolute Gasteiger partial charge is 0.507 e. The summed E-state index contributed by atoms with van der Waals surface area (Å²) in [5.41, 5.74) is 0.0350. The highest BCUT2D eigenvalue weighted by atomic mass is 35.5. The molecule has 2 atom stereocenters. The Hall–Kier alpha value is -0.970. The van der Waals surface area contributed by atoms with E-state index in [1.165, 1.54) is 17.0 Å². The Morgan fingerprint density at radius 2 is 2.11 bits per heavy atom. The van der Waals surface area contributed by atoms with Crippen LogP contribution in [0, 0.1) is 5.92 Å². The number of rotatable bonds is 1. The van der Waals surface area contributed by atoms with E-state index in [9.17, 15) is 15.0 Å². The zero-order valence-electron chi connectivity index (χ0n) is 10.4. The van der Waals surface area contributed by atoms with E-state index in [-0.39, 0.29) is 39.7 Å². The van der Waals surface area contributed by atoms with E-state index in [0.717, 1.165) is 6.42 Å². The number of halogens is 2. The number of aliphatic hydroxyl groups is 1. The summed E-state index contributed by atoms with van der Waals surface area (Å²) >= 11 is 11.7. The standard InChI is InChI=1S/C13H15Cl2NO3/c1-7-2-3-16(6-11(7)18)13(19)12-9(15)4-8(14)5-10(12)17/h4-5,7,11,17-18H,2-3,6H2,1H3. The number of phenols is 1. The number of phenolic OH excluding ortho intramolecular Hbond substituents is 1. The van der Waals surface area contributed by atoms with Gasteiger partial charge in [-0.1, -0.05) is 30.1 Å². The maximum absolute atomic E-state index is 12.3. The number of β-amino-alcohol motifs (C(OH)–C–C–N with tert-alkyl or cyclic N) is 1. The van der Waals surface area contributed by atoms with E-state index >= 15 is 0 Å². The normalized spacial score (nSPS) is 23.5. The third-order valence-electron chi connectivity index (χ3n) is 3.45. The van der Waals surface area contributed by atoms with Crippen molar-refractivity contribution in [3.05, 3.63) is 27.7 Å². The molecule has 104 valence electrons. The number of carbonyl (C=O) groups is 1. The van der Waals surface area contributed by atoms with Gasteiger partial charge in [0.1, 0.15) is 5.75 Å². The predicted molar refractivity (Wildman–Crippen MR) is 73.8 cm³/mol. The first-order chi connectivity index (χ1) is 8.90. The number of carbonyl (C=O) groups excluding carboxylic acids is 1. The van der Waals surface area contributed by atoms with Gasteiger partial charge in [0.05, 0.1) is 16.7 Å². The van der Waals surface area contributed by atoms with Crippen LogP contribution >= 0.6 is 23.2 Å². The third-order valence-corrected chi connectivity index (χ3v) is 3.97. The van der Waals surface area contributed by atoms with Crippen LogP contribution in [0.25, 0.3) is 0 Å². The topological polar surface area (TPSA) is 60.8 Å². The second-order valence-corrected chi connectivity index (χ2v) is 5.71. The van der Waals surface area contributed by atoms with Gasteiger partial charge in [-0.15, -0.1) is 0 Å². The van der Waals surface area contributed by atoms with Crippen LogP contribution in [-0.4, -0.2) is 40.2 Å². The van der Waals surface area contributed by atoms with Crippen LogP contribution in [0.2, 0.25) is 10.0 Å². The van der Waals surface area contributed by atoms with Gasteiger partial charge in [0.15, 0.2) is 0 Å². The molecule has 1 heterocycles. The van der Waals surface area contributed by atoms with Crippen LogP contribution in [0.4, 0.5) is 0 Å². The molecule has 4 nitrogen and oxygen atoms in total. The average Bonchev–Trinajstić information content (AvgIpc) is 2.31. The monoisotopic (exact) mass is 303 g/mol. The van der Waals surface area contributed by atoms with Gasteiger partial charge in [-0.25, -0.2) is 0 Å². The first-order valence-electron chi connectivity index (χ1n) is 6.05. The van der Waals surface area contributed by atoms with E-state index in [0.29, 0.717) is 6.54 Å². The molecule has 1 amide bonds. The van der Waals surface area contributed by atoms with Gasteiger partial charge in [-0.2, -0.15) is 0 Å². The van der Waals surface area contributed by atoms with Crippen LogP contribution in [-0.2, 0) is 0 Å². The average molecular weight is 304 g/mol. The van der Waals surface area contributed by atoms with Crippen molar-refractivity contribution in [2.24, 2.45) is 5.92 Å². The summed E-state index contributed by atoms with van der Waals surface area (Å²) in [4.78, 5) is 13.8. The number of hydrogen-bond acceptors (Lipinski definition) is 3. The summed E-state index contributed by atoms with van der Waals surface area (Å²) in [5, 5.41) is 20.0. The van der Waals surface area contributed by atoms with Crippen molar-refractivity contribution in [1.82, 2.24) is 4.90 Å². The van der Waals surface area contributed by atoms with Crippen LogP contribution in [0.5, 0.6) is 5.75 Å². The fraction of sp³-hybridized carbons (Fsp3) is 0.462. The Labute approximate surface area is 121 Å². The minimum atomic E-state index is -0.550. The highest BCUT2D eigenvalue weighted by Gasteiger charge is 2.30. The summed E-state index contributed by atoms with van der Waals surface area (Å²) in [6.07, 6.45) is 0.171. The Bertz CT molecular complexity index is 484. The van der Waals surface area contributed by atoms with Gasteiger partial charge in [0.2, 0.25) is 0 Å². The van der Waals surface area contributed by atoms with Crippen molar-refractivity contribution in [1.29, 1.82) is 0 Å². The SMILES string of the molecule is CC1CCN(C(=O)c2c(O)cc(Cl)cc2Cl)CC1O. The molecule has 19 heavy (non-hydrogen) atoms. The molecule has 6 heteroatoms. The van der Waals surface area contributed by atoms with Crippen molar-refractivity contribution < 1.29 is 15.0 Å². The van der Waals surface area contributed by atoms with Gasteiger partial charge in [-0.3, -0.25) is 4.79 Å². The summed E-state index contributed by atoms with van der Waals surface area (Å²) in [5.74, 6) is -0.459. The first kappa shape index (κ1) is 14.4. The molecule has 1 aromatic rings. The zero-order valence-corrected chi connectivity index (χ0v) is 11.9. The second kappa shape index (κ2) is 5.57. The van der Waals surface area contributed by atoms with Gasteiger partial charge < -0.3 is 15.1 Å². The van der Waals surface area contributed by atoms with Gasteiger partial charge in [0, 0.05) is 18.1 Å². The third kappa shape index (κ3) is 2.96. The number of aromatic hydroxyl groups is 1. The van der Waals surface area contributed by atoms with E-state index in [1.807, 2.05) is 6.92 Å². The molecule has 0 bridgehead atoms. The second-order valence-electron chi connectivity index (χ2n) is 4.87. The highest BCUT2D eigenvalue weighted by molar-refractivity contribution is 6.37. The molecule has 1 saturated heterocycles. The van der Waals surface area contributed by atoms with Crippen molar-refractivity contribution in [2.75, 3.05) is 13.1 Å². The van der Waals surface area contributed by atoms with Gasteiger partial charge in [0.25, 0.3) is 5.91 Å². The Morgan fingerprint density at radius 1 is 1.42 bits per heavy atom. The van der Waals surface area contributed by atoms with Crippen molar-refractivity contribution in [3.63, 3.8) is 0 Å². The van der Waals surface area contributed by atoms with E-state index in [1.54, 1.807) is 0 Å². The fourth-order valence-corrected chi connectivity index (χ4v) is 2.73. The molecular formula is C13H15Cl2NO3. The van der Waals surface area contributed by atoms with Gasteiger partial charge in [-0.05, 0) is 24.5 Å². The number of amides is 1. The van der Waals surface area contributed by atoms with E-state index in [4.69, 9.17) is 23.2 Å². The number of nitrogens with zero attached hydrogens (tertiary/aromatic N) is 1. The molecule has 2 N–H and O–H groups in total. The zero-order chi connectivity index (χ0) is 14.2. The number of piperidine rings is 1. The van der Waals surface area contributed by atoms with Crippen LogP contribution in [0.1, 0.15) is 23.7 Å². The van der Waals surface area contributed by atoms with Crippen LogP contribution < -0.4 is 0 Å². The Balaban J connectivity index is 2.25. The van der Waals surface area contributed by atoms with E-state index in [2.05, 4.69) is 0 Å². The molecule has 1 aromatic carbocycles. The number of benzene rings is 1. The molecule has 1 fully saturated rings. The lowest BCUT2D eigenvalue weighted by molar-refractivity contribution is 0.0247. The molecular weight excluding hydrogens is 289 g/mol. The van der Waals surface area contributed by atoms with Crippen molar-refractivity contribution in [2.45, 2.75) is 19.4 Å². The van der Waals surface area contributed by atoms with Crippen LogP contribution in [0.15, 0.2) is 12.1 Å². The smallest absolute Gasteiger partial charge is 0.259 e. The Kier molecular flexibility index (Phi) is 4.23. The first-order valence-corrected chi connectivity index (χ1v) is 6.81. The van der Waals surface area contributed by atoms with E-state index < -0.39 is 6.10 Å². The fourth-order valence-electron chi connectivity index (χ4n) is 2.16. The quantitative estimate of drug-likeness (QED) is 0.838.